The van der Waals surface area contributed by atoms with E-state index in [2.05, 4.69) is 10.3 Å². The number of carboxylic acids is 1. The van der Waals surface area contributed by atoms with Crippen molar-refractivity contribution in [2.24, 2.45) is 0 Å². The number of carboxylic acid groups (broad SMARTS) is 1. The van der Waals surface area contributed by atoms with Crippen LogP contribution in [0.25, 0.3) is 10.2 Å². The molecular formula is C13H15N3O4S. The fraction of sp³-hybridized carbons (Fsp3) is 0.385. The highest BCUT2D eigenvalue weighted by Crippen LogP contribution is 2.35. The second-order valence-corrected chi connectivity index (χ2v) is 6.18. The fourth-order valence-corrected chi connectivity index (χ4v) is 2.76. The summed E-state index contributed by atoms with van der Waals surface area (Å²) in [5.74, 6) is -1.06. The molecule has 0 amide bonds. The maximum absolute atomic E-state index is 11.4. The van der Waals surface area contributed by atoms with Gasteiger partial charge in [0.1, 0.15) is 11.2 Å². The predicted molar refractivity (Wildman–Crippen MR) is 81.0 cm³/mol. The average Bonchev–Trinajstić information content (AvgIpc) is 2.76. The smallest absolute Gasteiger partial charge is 0.329 e. The molecule has 21 heavy (non-hydrogen) atoms. The minimum Gasteiger partial charge on any atom is -0.480 e. The molecule has 0 saturated carbocycles. The average molecular weight is 309 g/mol. The normalized spacial score (nSPS) is 13.9. The first-order chi connectivity index (χ1) is 9.76. The number of aromatic nitrogens is 1. The third kappa shape index (κ3) is 2.80. The Hall–Kier alpha value is -2.22. The lowest BCUT2D eigenvalue weighted by Gasteiger charge is -2.25. The van der Waals surface area contributed by atoms with Crippen molar-refractivity contribution in [2.45, 2.75) is 32.7 Å². The van der Waals surface area contributed by atoms with Gasteiger partial charge in [-0.15, -0.1) is 11.3 Å². The molecule has 2 aromatic rings. The summed E-state index contributed by atoms with van der Waals surface area (Å²) in [6.07, 6.45) is 0.285. The highest BCUT2D eigenvalue weighted by Gasteiger charge is 2.33. The summed E-state index contributed by atoms with van der Waals surface area (Å²) < 4.78 is 0.707. The van der Waals surface area contributed by atoms with Gasteiger partial charge >= 0.3 is 5.97 Å². The van der Waals surface area contributed by atoms with Crippen LogP contribution in [0.2, 0.25) is 0 Å². The number of aliphatic carboxylic acids is 1. The Morgan fingerprint density at radius 1 is 1.57 bits per heavy atom. The summed E-state index contributed by atoms with van der Waals surface area (Å²) in [5.41, 5.74) is -0.630. The van der Waals surface area contributed by atoms with Crippen LogP contribution in [0.4, 0.5) is 11.4 Å². The van der Waals surface area contributed by atoms with Gasteiger partial charge in [-0.05, 0) is 26.3 Å². The molecule has 1 aromatic carbocycles. The topological polar surface area (TPSA) is 105 Å². The van der Waals surface area contributed by atoms with Crippen LogP contribution in [-0.2, 0) is 4.79 Å². The molecule has 0 aliphatic rings. The van der Waals surface area contributed by atoms with Gasteiger partial charge in [0.05, 0.1) is 20.1 Å². The molecule has 1 aromatic heterocycles. The molecule has 8 heteroatoms. The molecule has 0 aliphatic carbocycles. The van der Waals surface area contributed by atoms with Gasteiger partial charge in [-0.1, -0.05) is 6.92 Å². The van der Waals surface area contributed by atoms with Gasteiger partial charge in [-0.3, -0.25) is 10.1 Å². The molecule has 1 atom stereocenters. The standard InChI is InChI=1S/C13H15N3O4S/c1-4-13(3,12(17)18)15-8-5-9-11(21-7(2)14-9)6-10(8)16(19)20/h5-6,15H,4H2,1-3H3,(H,17,18). The molecular weight excluding hydrogens is 294 g/mol. The third-order valence-corrected chi connectivity index (χ3v) is 4.33. The number of rotatable bonds is 5. The zero-order valence-corrected chi connectivity index (χ0v) is 12.7. The summed E-state index contributed by atoms with van der Waals surface area (Å²) in [4.78, 5) is 26.3. The van der Waals surface area contributed by atoms with Gasteiger partial charge < -0.3 is 10.4 Å². The Kier molecular flexibility index (Phi) is 3.82. The fourth-order valence-electron chi connectivity index (χ4n) is 1.92. The summed E-state index contributed by atoms with van der Waals surface area (Å²) >= 11 is 1.36. The number of fused-ring (bicyclic) bond motifs is 1. The number of thiazole rings is 1. The van der Waals surface area contributed by atoms with E-state index in [9.17, 15) is 20.0 Å². The number of nitrogens with one attached hydrogen (secondary N) is 1. The van der Waals surface area contributed by atoms with Gasteiger partial charge in [-0.2, -0.15) is 0 Å². The number of nitro groups is 1. The predicted octanol–water partition coefficient (Wildman–Crippen LogP) is 3.18. The molecule has 1 heterocycles. The second-order valence-electron chi connectivity index (χ2n) is 4.94. The lowest BCUT2D eigenvalue weighted by atomic mass is 9.98. The highest BCUT2D eigenvalue weighted by molar-refractivity contribution is 7.18. The number of nitro benzene ring substituents is 1. The summed E-state index contributed by atoms with van der Waals surface area (Å²) in [7, 11) is 0. The highest BCUT2D eigenvalue weighted by atomic mass is 32.1. The number of benzene rings is 1. The number of aryl methyl sites for hydroxylation is 1. The first-order valence-corrected chi connectivity index (χ1v) is 7.15. The molecule has 2 N–H and O–H groups in total. The zero-order valence-electron chi connectivity index (χ0n) is 11.8. The largest absolute Gasteiger partial charge is 0.480 e. The number of carbonyl (C=O) groups is 1. The molecule has 7 nitrogen and oxygen atoms in total. The van der Waals surface area contributed by atoms with Crippen LogP contribution in [0, 0.1) is 17.0 Å². The van der Waals surface area contributed by atoms with E-state index in [4.69, 9.17) is 0 Å². The first kappa shape index (κ1) is 15.2. The van der Waals surface area contributed by atoms with Crippen LogP contribution >= 0.6 is 11.3 Å². The second kappa shape index (κ2) is 5.28. The van der Waals surface area contributed by atoms with Crippen molar-refractivity contribution < 1.29 is 14.8 Å². The van der Waals surface area contributed by atoms with Gasteiger partial charge in [-0.25, -0.2) is 9.78 Å². The molecule has 1 unspecified atom stereocenters. The minimum atomic E-state index is -1.27. The van der Waals surface area contributed by atoms with Crippen LogP contribution in [-0.4, -0.2) is 26.5 Å². The summed E-state index contributed by atoms with van der Waals surface area (Å²) in [6, 6.07) is 2.97. The zero-order chi connectivity index (χ0) is 15.8. The third-order valence-electron chi connectivity index (χ3n) is 3.40. The number of anilines is 1. The van der Waals surface area contributed by atoms with Crippen molar-refractivity contribution in [1.82, 2.24) is 4.98 Å². The minimum absolute atomic E-state index is 0.146. The van der Waals surface area contributed by atoms with Gasteiger partial charge in [0.15, 0.2) is 0 Å². The first-order valence-electron chi connectivity index (χ1n) is 6.34. The SMILES string of the molecule is CCC(C)(Nc1cc2nc(C)sc2cc1[N+](=O)[O-])C(=O)O. The van der Waals surface area contributed by atoms with Crippen LogP contribution in [0.3, 0.4) is 0 Å². The van der Waals surface area contributed by atoms with Crippen molar-refractivity contribution in [3.63, 3.8) is 0 Å². The van der Waals surface area contributed by atoms with E-state index < -0.39 is 16.4 Å². The molecule has 2 rings (SSSR count). The quantitative estimate of drug-likeness (QED) is 0.649. The Bertz CT molecular complexity index is 728. The van der Waals surface area contributed by atoms with Crippen LogP contribution in [0.5, 0.6) is 0 Å². The van der Waals surface area contributed by atoms with Crippen LogP contribution in [0.1, 0.15) is 25.3 Å². The number of nitrogens with zero attached hydrogens (tertiary/aromatic N) is 2. The summed E-state index contributed by atoms with van der Waals surface area (Å²) in [5, 5.41) is 24.1. The molecule has 0 radical (unpaired) electrons. The van der Waals surface area contributed by atoms with E-state index >= 15 is 0 Å². The lowest BCUT2D eigenvalue weighted by Crippen LogP contribution is -2.42. The molecule has 0 bridgehead atoms. The molecule has 0 aliphatic heterocycles. The molecule has 0 saturated heterocycles. The van der Waals surface area contributed by atoms with Gasteiger partial charge in [0.2, 0.25) is 0 Å². The van der Waals surface area contributed by atoms with E-state index in [0.29, 0.717) is 10.2 Å². The molecule has 0 spiro atoms. The van der Waals surface area contributed by atoms with Crippen molar-refractivity contribution >= 4 is 38.9 Å². The Labute approximate surface area is 124 Å². The van der Waals surface area contributed by atoms with Crippen molar-refractivity contribution in [2.75, 3.05) is 5.32 Å². The Balaban J connectivity index is 2.58. The van der Waals surface area contributed by atoms with Gasteiger partial charge in [0, 0.05) is 6.07 Å². The van der Waals surface area contributed by atoms with Crippen molar-refractivity contribution in [3.05, 3.63) is 27.3 Å². The van der Waals surface area contributed by atoms with Crippen LogP contribution < -0.4 is 5.32 Å². The summed E-state index contributed by atoms with van der Waals surface area (Å²) in [6.45, 7) is 5.02. The Morgan fingerprint density at radius 2 is 2.24 bits per heavy atom. The number of hydrogen-bond acceptors (Lipinski definition) is 6. The van der Waals surface area contributed by atoms with E-state index in [0.717, 1.165) is 5.01 Å². The van der Waals surface area contributed by atoms with E-state index in [1.54, 1.807) is 6.92 Å². The Morgan fingerprint density at radius 3 is 2.76 bits per heavy atom. The van der Waals surface area contributed by atoms with E-state index in [1.165, 1.54) is 30.4 Å². The van der Waals surface area contributed by atoms with Crippen LogP contribution in [0.15, 0.2) is 12.1 Å². The van der Waals surface area contributed by atoms with Crippen molar-refractivity contribution in [1.29, 1.82) is 0 Å². The maximum atomic E-state index is 11.4. The monoisotopic (exact) mass is 309 g/mol. The lowest BCUT2D eigenvalue weighted by molar-refractivity contribution is -0.383. The van der Waals surface area contributed by atoms with E-state index in [1.807, 2.05) is 6.92 Å². The van der Waals surface area contributed by atoms with Crippen molar-refractivity contribution in [3.8, 4) is 0 Å². The maximum Gasteiger partial charge on any atom is 0.329 e. The molecule has 112 valence electrons. The van der Waals surface area contributed by atoms with E-state index in [-0.39, 0.29) is 17.8 Å². The van der Waals surface area contributed by atoms with Gasteiger partial charge in [0.25, 0.3) is 5.69 Å². The molecule has 0 fully saturated rings. The number of hydrogen-bond donors (Lipinski definition) is 2.